The number of amides is 2. The van der Waals surface area contributed by atoms with Gasteiger partial charge in [0.05, 0.1) is 0 Å². The molecule has 0 unspecified atom stereocenters. The number of phenols is 1. The predicted molar refractivity (Wildman–Crippen MR) is 115 cm³/mol. The molecule has 1 aliphatic heterocycles. The van der Waals surface area contributed by atoms with Gasteiger partial charge in [0.15, 0.2) is 0 Å². The van der Waals surface area contributed by atoms with Crippen molar-refractivity contribution in [1.82, 2.24) is 10.2 Å². The first-order valence-corrected chi connectivity index (χ1v) is 9.99. The fourth-order valence-electron chi connectivity index (χ4n) is 3.28. The highest BCUT2D eigenvalue weighted by Gasteiger charge is 2.35. The van der Waals surface area contributed by atoms with Gasteiger partial charge in [-0.1, -0.05) is 32.9 Å². The van der Waals surface area contributed by atoms with Crippen molar-refractivity contribution in [3.63, 3.8) is 0 Å². The fourth-order valence-corrected chi connectivity index (χ4v) is 3.42. The van der Waals surface area contributed by atoms with E-state index in [9.17, 15) is 14.7 Å². The molecule has 0 aromatic heterocycles. The zero-order valence-electron chi connectivity index (χ0n) is 17.1. The van der Waals surface area contributed by atoms with Crippen LogP contribution in [0.1, 0.15) is 58.1 Å². The van der Waals surface area contributed by atoms with E-state index in [2.05, 4.69) is 17.9 Å². The molecule has 1 aromatic carbocycles. The number of likely N-dealkylation sites (tertiary alicyclic amines) is 1. The van der Waals surface area contributed by atoms with Gasteiger partial charge in [-0.3, -0.25) is 9.59 Å². The molecule has 0 spiro atoms. The molecule has 1 heterocycles. The average Bonchev–Trinajstić information content (AvgIpc) is 3.08. The number of carbonyl (C=O) groups excluding carboxylic acids is 2. The Kier molecular flexibility index (Phi) is 7.04. The van der Waals surface area contributed by atoms with E-state index in [-0.39, 0.29) is 29.5 Å². The zero-order valence-corrected chi connectivity index (χ0v) is 18.0. The van der Waals surface area contributed by atoms with Crippen molar-refractivity contribution in [2.45, 2.75) is 59.5 Å². The fraction of sp³-hybridized carbons (Fsp3) is 0.524. The Morgan fingerprint density at radius 1 is 1.36 bits per heavy atom. The standard InChI is InChI=1S/C21H31N3O3S/c1-13(22)19(28)14-7-8-15(17(25)10-14)12-23-20(27)16-6-5-9-24(16)18(26)11-21(2,3)4/h7-8,10,16,25,28H,5-6,9,11-12,22H2,1-4H3,(H,23,27)/b19-13-/t16-/m0/s1. The van der Waals surface area contributed by atoms with E-state index < -0.39 is 6.04 Å². The molecule has 0 aliphatic carbocycles. The predicted octanol–water partition coefficient (Wildman–Crippen LogP) is 3.01. The summed E-state index contributed by atoms with van der Waals surface area (Å²) in [6.45, 7) is 8.58. The number of allylic oxidation sites excluding steroid dienone is 1. The lowest BCUT2D eigenvalue weighted by molar-refractivity contribution is -0.139. The van der Waals surface area contributed by atoms with Crippen molar-refractivity contribution in [3.8, 4) is 5.75 Å². The van der Waals surface area contributed by atoms with Crippen LogP contribution in [0.4, 0.5) is 0 Å². The van der Waals surface area contributed by atoms with Crippen LogP contribution in [0.15, 0.2) is 23.9 Å². The summed E-state index contributed by atoms with van der Waals surface area (Å²) in [5.74, 6) is -0.101. The lowest BCUT2D eigenvalue weighted by atomic mass is 9.91. The second kappa shape index (κ2) is 8.90. The first-order valence-electron chi connectivity index (χ1n) is 9.54. The summed E-state index contributed by atoms with van der Waals surface area (Å²) in [6, 6.07) is 4.67. The summed E-state index contributed by atoms with van der Waals surface area (Å²) < 4.78 is 0. The number of carbonyl (C=O) groups is 2. The molecule has 1 aliphatic rings. The molecular weight excluding hydrogens is 374 g/mol. The first kappa shape index (κ1) is 22.1. The number of hydrogen-bond acceptors (Lipinski definition) is 5. The number of nitrogens with zero attached hydrogens (tertiary/aromatic N) is 1. The Bertz CT molecular complexity index is 780. The van der Waals surface area contributed by atoms with E-state index in [4.69, 9.17) is 5.73 Å². The Labute approximate surface area is 172 Å². The number of nitrogens with two attached hydrogens (primary N) is 1. The molecule has 2 amide bonds. The first-order chi connectivity index (χ1) is 13.0. The highest BCUT2D eigenvalue weighted by atomic mass is 32.1. The Morgan fingerprint density at radius 2 is 2.04 bits per heavy atom. The highest BCUT2D eigenvalue weighted by molar-refractivity contribution is 7.90. The number of aromatic hydroxyl groups is 1. The number of thiol groups is 1. The zero-order chi connectivity index (χ0) is 21.1. The third-order valence-electron chi connectivity index (χ3n) is 4.74. The summed E-state index contributed by atoms with van der Waals surface area (Å²) in [4.78, 5) is 27.5. The minimum Gasteiger partial charge on any atom is -0.508 e. The molecule has 1 fully saturated rings. The van der Waals surface area contributed by atoms with Crippen LogP contribution in [0.5, 0.6) is 5.75 Å². The molecule has 28 heavy (non-hydrogen) atoms. The molecule has 1 saturated heterocycles. The number of nitrogens with one attached hydrogen (secondary N) is 1. The summed E-state index contributed by atoms with van der Waals surface area (Å²) in [5, 5.41) is 13.1. The van der Waals surface area contributed by atoms with E-state index in [0.29, 0.717) is 41.1 Å². The second-order valence-corrected chi connectivity index (χ2v) is 9.02. The summed E-state index contributed by atoms with van der Waals surface area (Å²) in [6.07, 6.45) is 1.90. The van der Waals surface area contributed by atoms with E-state index in [0.717, 1.165) is 6.42 Å². The van der Waals surface area contributed by atoms with Crippen LogP contribution < -0.4 is 11.1 Å². The maximum atomic E-state index is 12.7. The summed E-state index contributed by atoms with van der Waals surface area (Å²) in [7, 11) is 0. The van der Waals surface area contributed by atoms with Gasteiger partial charge in [0.25, 0.3) is 0 Å². The van der Waals surface area contributed by atoms with Crippen molar-refractivity contribution >= 4 is 29.3 Å². The van der Waals surface area contributed by atoms with Crippen molar-refractivity contribution in [2.75, 3.05) is 6.54 Å². The topological polar surface area (TPSA) is 95.7 Å². The van der Waals surface area contributed by atoms with Gasteiger partial charge >= 0.3 is 0 Å². The number of rotatable bonds is 5. The molecule has 154 valence electrons. The SMILES string of the molecule is C/C(N)=C(/S)c1ccc(CNC(=O)[C@@H]2CCCN2C(=O)CC(C)(C)C)c(O)c1. The molecule has 0 radical (unpaired) electrons. The smallest absolute Gasteiger partial charge is 0.243 e. The van der Waals surface area contributed by atoms with Crippen molar-refractivity contribution < 1.29 is 14.7 Å². The van der Waals surface area contributed by atoms with Gasteiger partial charge in [-0.05, 0) is 36.8 Å². The lowest BCUT2D eigenvalue weighted by Gasteiger charge is -2.27. The lowest BCUT2D eigenvalue weighted by Crippen LogP contribution is -2.46. The molecular formula is C21H31N3O3S. The van der Waals surface area contributed by atoms with Crippen molar-refractivity contribution in [1.29, 1.82) is 0 Å². The van der Waals surface area contributed by atoms with Crippen LogP contribution in [-0.2, 0) is 16.1 Å². The van der Waals surface area contributed by atoms with Crippen molar-refractivity contribution in [3.05, 3.63) is 35.0 Å². The minimum absolute atomic E-state index is 0.0163. The average molecular weight is 406 g/mol. The van der Waals surface area contributed by atoms with Gasteiger partial charge in [0.1, 0.15) is 11.8 Å². The van der Waals surface area contributed by atoms with Gasteiger partial charge in [-0.25, -0.2) is 0 Å². The summed E-state index contributed by atoms with van der Waals surface area (Å²) >= 11 is 4.33. The largest absolute Gasteiger partial charge is 0.508 e. The quantitative estimate of drug-likeness (QED) is 0.566. The van der Waals surface area contributed by atoms with Gasteiger partial charge < -0.3 is 21.1 Å². The molecule has 2 rings (SSSR count). The number of benzene rings is 1. The van der Waals surface area contributed by atoms with Crippen LogP contribution in [-0.4, -0.2) is 34.4 Å². The van der Waals surface area contributed by atoms with Gasteiger partial charge in [-0.2, -0.15) is 0 Å². The highest BCUT2D eigenvalue weighted by Crippen LogP contribution is 2.27. The Hall–Kier alpha value is -2.15. The third-order valence-corrected chi connectivity index (χ3v) is 5.35. The Balaban J connectivity index is 2.01. The molecule has 7 heteroatoms. The van der Waals surface area contributed by atoms with E-state index >= 15 is 0 Å². The van der Waals surface area contributed by atoms with E-state index in [1.54, 1.807) is 30.0 Å². The van der Waals surface area contributed by atoms with Gasteiger partial charge in [0.2, 0.25) is 11.8 Å². The van der Waals surface area contributed by atoms with Crippen LogP contribution in [0, 0.1) is 5.41 Å². The maximum absolute atomic E-state index is 12.7. The third kappa shape index (κ3) is 5.67. The molecule has 1 atom stereocenters. The number of hydrogen-bond donors (Lipinski definition) is 4. The second-order valence-electron chi connectivity index (χ2n) is 8.58. The molecule has 6 nitrogen and oxygen atoms in total. The molecule has 1 aromatic rings. The minimum atomic E-state index is -0.442. The molecule has 0 bridgehead atoms. The monoisotopic (exact) mass is 405 g/mol. The normalized spacial score (nSPS) is 18.0. The van der Waals surface area contributed by atoms with Crippen LogP contribution in [0.3, 0.4) is 0 Å². The van der Waals surface area contributed by atoms with Gasteiger partial charge in [-0.15, -0.1) is 12.6 Å². The van der Waals surface area contributed by atoms with Crippen LogP contribution >= 0.6 is 12.6 Å². The Morgan fingerprint density at radius 3 is 2.61 bits per heavy atom. The van der Waals surface area contributed by atoms with E-state index in [1.165, 1.54) is 0 Å². The number of phenolic OH excluding ortho intramolecular Hbond substituents is 1. The van der Waals surface area contributed by atoms with Crippen LogP contribution in [0.25, 0.3) is 4.91 Å². The van der Waals surface area contributed by atoms with E-state index in [1.807, 2.05) is 20.8 Å². The van der Waals surface area contributed by atoms with Gasteiger partial charge in [0, 0.05) is 35.7 Å². The molecule has 0 saturated carbocycles. The van der Waals surface area contributed by atoms with Crippen LogP contribution in [0.2, 0.25) is 0 Å². The molecule has 4 N–H and O–H groups in total. The maximum Gasteiger partial charge on any atom is 0.243 e. The van der Waals surface area contributed by atoms with Crippen molar-refractivity contribution in [2.24, 2.45) is 11.1 Å². The summed E-state index contributed by atoms with van der Waals surface area (Å²) in [5.41, 5.74) is 7.49.